The fourth-order valence-corrected chi connectivity index (χ4v) is 4.05. The van der Waals surface area contributed by atoms with E-state index in [9.17, 15) is 20.0 Å². The largest absolute Gasteiger partial charge is 0.480 e. The molecule has 1 aromatic heterocycles. The number of carboxylic acids is 1. The minimum absolute atomic E-state index is 0.00843. The van der Waals surface area contributed by atoms with Gasteiger partial charge in [0.15, 0.2) is 0 Å². The van der Waals surface area contributed by atoms with Gasteiger partial charge in [0, 0.05) is 22.4 Å². The molecule has 126 valence electrons. The first-order valence-corrected chi connectivity index (χ1v) is 8.17. The first-order chi connectivity index (χ1) is 11.3. The van der Waals surface area contributed by atoms with Crippen molar-refractivity contribution in [2.24, 2.45) is 0 Å². The third-order valence-electron chi connectivity index (χ3n) is 3.91. The monoisotopic (exact) mass is 348 g/mol. The molecule has 0 bridgehead atoms. The van der Waals surface area contributed by atoms with E-state index >= 15 is 0 Å². The molecule has 0 saturated carbocycles. The summed E-state index contributed by atoms with van der Waals surface area (Å²) >= 11 is 1.48. The van der Waals surface area contributed by atoms with Crippen LogP contribution in [0.1, 0.15) is 25.0 Å². The number of nitro groups is 1. The number of aliphatic carboxylic acids is 1. The number of hydrogen-bond donors (Lipinski definition) is 2. The predicted octanol–water partition coefficient (Wildman–Crippen LogP) is 3.42. The van der Waals surface area contributed by atoms with Gasteiger partial charge in [-0.05, 0) is 26.0 Å². The number of nitrogens with one attached hydrogen (secondary N) is 1. The number of non-ortho nitro benzene ring substituents is 1. The van der Waals surface area contributed by atoms with Crippen LogP contribution in [0.25, 0.3) is 11.3 Å². The van der Waals surface area contributed by atoms with Crippen LogP contribution in [0.4, 0.5) is 5.69 Å². The summed E-state index contributed by atoms with van der Waals surface area (Å²) in [6, 6.07) is 9.01. The standard InChI is InChI=1S/C16H16N2O5S/c1-16(2)13(15(19)20)17-14(24-16)12-7-6-11(23-12)9-4-3-5-10(8-9)18(21)22/h3-8,13-14,17H,1-2H3,(H,19,20). The zero-order chi connectivity index (χ0) is 17.5. The van der Waals surface area contributed by atoms with Crippen molar-refractivity contribution in [1.29, 1.82) is 0 Å². The van der Waals surface area contributed by atoms with Crippen molar-refractivity contribution >= 4 is 23.4 Å². The van der Waals surface area contributed by atoms with Gasteiger partial charge in [-0.15, -0.1) is 11.8 Å². The average molecular weight is 348 g/mol. The van der Waals surface area contributed by atoms with Crippen molar-refractivity contribution in [3.8, 4) is 11.3 Å². The zero-order valence-corrected chi connectivity index (χ0v) is 13.9. The van der Waals surface area contributed by atoms with E-state index in [4.69, 9.17) is 4.42 Å². The van der Waals surface area contributed by atoms with Crippen molar-refractivity contribution in [2.45, 2.75) is 30.0 Å². The molecule has 0 radical (unpaired) electrons. The molecule has 7 nitrogen and oxygen atoms in total. The van der Waals surface area contributed by atoms with E-state index in [0.717, 1.165) is 0 Å². The molecule has 2 unspecified atom stereocenters. The molecule has 0 spiro atoms. The molecule has 1 aromatic carbocycles. The molecule has 1 saturated heterocycles. The lowest BCUT2D eigenvalue weighted by Gasteiger charge is -2.20. The Morgan fingerprint density at radius 3 is 2.75 bits per heavy atom. The molecular formula is C16H16N2O5S. The van der Waals surface area contributed by atoms with E-state index in [1.54, 1.807) is 24.3 Å². The fraction of sp³-hybridized carbons (Fsp3) is 0.312. The minimum atomic E-state index is -0.902. The third-order valence-corrected chi connectivity index (χ3v) is 5.36. The molecule has 2 aromatic rings. The highest BCUT2D eigenvalue weighted by Crippen LogP contribution is 2.46. The summed E-state index contributed by atoms with van der Waals surface area (Å²) in [5.41, 5.74) is 0.596. The topological polar surface area (TPSA) is 106 Å². The molecule has 8 heteroatoms. The van der Waals surface area contributed by atoms with Crippen LogP contribution in [0.3, 0.4) is 0 Å². The molecular weight excluding hydrogens is 332 g/mol. The second-order valence-corrected chi connectivity index (χ2v) is 7.81. The molecule has 2 atom stereocenters. The van der Waals surface area contributed by atoms with E-state index in [1.807, 2.05) is 13.8 Å². The summed E-state index contributed by atoms with van der Waals surface area (Å²) in [5.74, 6) is 0.200. The maximum absolute atomic E-state index is 11.4. The van der Waals surface area contributed by atoms with Crippen LogP contribution in [-0.2, 0) is 4.79 Å². The van der Waals surface area contributed by atoms with Crippen molar-refractivity contribution in [3.05, 3.63) is 52.3 Å². The number of benzene rings is 1. The molecule has 1 aliphatic rings. The second-order valence-electron chi connectivity index (χ2n) is 6.05. The quantitative estimate of drug-likeness (QED) is 0.644. The van der Waals surface area contributed by atoms with Crippen LogP contribution in [-0.4, -0.2) is 26.8 Å². The Hall–Kier alpha value is -2.32. The van der Waals surface area contributed by atoms with Crippen molar-refractivity contribution in [1.82, 2.24) is 5.32 Å². The van der Waals surface area contributed by atoms with Gasteiger partial charge in [0.2, 0.25) is 0 Å². The van der Waals surface area contributed by atoms with Gasteiger partial charge in [-0.1, -0.05) is 12.1 Å². The zero-order valence-electron chi connectivity index (χ0n) is 13.1. The Balaban J connectivity index is 1.85. The number of thioether (sulfide) groups is 1. The van der Waals surface area contributed by atoms with Crippen molar-refractivity contribution in [3.63, 3.8) is 0 Å². The smallest absolute Gasteiger partial charge is 0.322 e. The maximum atomic E-state index is 11.4. The lowest BCUT2D eigenvalue weighted by Crippen LogP contribution is -2.43. The number of nitrogens with zero attached hydrogens (tertiary/aromatic N) is 1. The third kappa shape index (κ3) is 3.02. The van der Waals surface area contributed by atoms with E-state index in [1.165, 1.54) is 23.9 Å². The Kier molecular flexibility index (Phi) is 4.10. The second kappa shape index (κ2) is 5.95. The van der Waals surface area contributed by atoms with Gasteiger partial charge in [0.1, 0.15) is 22.9 Å². The number of hydrogen-bond acceptors (Lipinski definition) is 6. The first-order valence-electron chi connectivity index (χ1n) is 7.29. The lowest BCUT2D eigenvalue weighted by molar-refractivity contribution is -0.384. The van der Waals surface area contributed by atoms with Crippen LogP contribution in [0.15, 0.2) is 40.8 Å². The summed E-state index contributed by atoms with van der Waals surface area (Å²) in [7, 11) is 0. The molecule has 2 N–H and O–H groups in total. The minimum Gasteiger partial charge on any atom is -0.480 e. The molecule has 0 aliphatic carbocycles. The fourth-order valence-electron chi connectivity index (χ4n) is 2.69. The van der Waals surface area contributed by atoms with E-state index in [-0.39, 0.29) is 11.1 Å². The van der Waals surface area contributed by atoms with Crippen LogP contribution in [0.2, 0.25) is 0 Å². The van der Waals surface area contributed by atoms with Crippen LogP contribution < -0.4 is 5.32 Å². The maximum Gasteiger partial charge on any atom is 0.322 e. The summed E-state index contributed by atoms with van der Waals surface area (Å²) in [5, 5.41) is 23.0. The average Bonchev–Trinajstić information content (AvgIpc) is 3.11. The highest BCUT2D eigenvalue weighted by Gasteiger charge is 2.46. The van der Waals surface area contributed by atoms with Gasteiger partial charge in [0.05, 0.1) is 4.92 Å². The van der Waals surface area contributed by atoms with E-state index in [2.05, 4.69) is 5.32 Å². The number of furan rings is 1. The van der Waals surface area contributed by atoms with Crippen LogP contribution >= 0.6 is 11.8 Å². The number of carboxylic acid groups (broad SMARTS) is 1. The summed E-state index contributed by atoms with van der Waals surface area (Å²) in [6.07, 6.45) is 0. The van der Waals surface area contributed by atoms with Crippen LogP contribution in [0, 0.1) is 10.1 Å². The SMILES string of the molecule is CC1(C)SC(c2ccc(-c3cccc([N+](=O)[O-])c3)o2)NC1C(=O)O. The number of nitro benzene ring substituents is 1. The Morgan fingerprint density at radius 1 is 1.38 bits per heavy atom. The summed E-state index contributed by atoms with van der Waals surface area (Å²) in [4.78, 5) is 21.8. The van der Waals surface area contributed by atoms with Gasteiger partial charge in [-0.2, -0.15) is 0 Å². The van der Waals surface area contributed by atoms with E-state index in [0.29, 0.717) is 17.1 Å². The van der Waals surface area contributed by atoms with Gasteiger partial charge in [0.25, 0.3) is 5.69 Å². The van der Waals surface area contributed by atoms with Crippen molar-refractivity contribution < 1.29 is 19.2 Å². The Morgan fingerprint density at radius 2 is 2.12 bits per heavy atom. The van der Waals surface area contributed by atoms with Crippen LogP contribution in [0.5, 0.6) is 0 Å². The highest BCUT2D eigenvalue weighted by atomic mass is 32.2. The molecule has 3 rings (SSSR count). The molecule has 24 heavy (non-hydrogen) atoms. The molecule has 1 fully saturated rings. The lowest BCUT2D eigenvalue weighted by atomic mass is 10.0. The van der Waals surface area contributed by atoms with Crippen molar-refractivity contribution in [2.75, 3.05) is 0 Å². The van der Waals surface area contributed by atoms with Gasteiger partial charge in [-0.3, -0.25) is 20.2 Å². The van der Waals surface area contributed by atoms with Gasteiger partial charge in [-0.25, -0.2) is 0 Å². The van der Waals surface area contributed by atoms with Gasteiger partial charge < -0.3 is 9.52 Å². The summed E-state index contributed by atoms with van der Waals surface area (Å²) in [6.45, 7) is 3.74. The predicted molar refractivity (Wildman–Crippen MR) is 89.8 cm³/mol. The number of carbonyl (C=O) groups is 1. The first kappa shape index (κ1) is 16.5. The Bertz CT molecular complexity index is 801. The Labute approximate surface area is 142 Å². The van der Waals surface area contributed by atoms with E-state index < -0.39 is 21.7 Å². The molecule has 2 heterocycles. The molecule has 0 amide bonds. The summed E-state index contributed by atoms with van der Waals surface area (Å²) < 4.78 is 5.33. The highest BCUT2D eigenvalue weighted by molar-refractivity contribution is 8.01. The van der Waals surface area contributed by atoms with Gasteiger partial charge >= 0.3 is 5.97 Å². The normalized spacial score (nSPS) is 22.4. The molecule has 1 aliphatic heterocycles. The number of rotatable bonds is 4.